The van der Waals surface area contributed by atoms with Gasteiger partial charge in [-0.15, -0.1) is 0 Å². The maximum absolute atomic E-state index is 12.4. The van der Waals surface area contributed by atoms with E-state index in [1.54, 1.807) is 0 Å². The molecule has 0 bridgehead atoms. The Morgan fingerprint density at radius 3 is 0.552 bits per heavy atom. The Morgan fingerprint density at radius 2 is 0.448 bits per heavy atom. The van der Waals surface area contributed by atoms with Gasteiger partial charge < -0.3 is 9.47 Å². The zero-order valence-corrected chi connectivity index (χ0v) is 12.3. The van der Waals surface area contributed by atoms with Gasteiger partial charge in [0.25, 0.3) is 0 Å². The molecule has 0 aliphatic carbocycles. The fourth-order valence-corrected chi connectivity index (χ4v) is 1.66. The summed E-state index contributed by atoms with van der Waals surface area (Å²) < 4.78 is 227. The highest BCUT2D eigenvalue weighted by atomic mass is 19.4. The van der Waals surface area contributed by atoms with E-state index in [4.69, 9.17) is 0 Å². The first kappa shape index (κ1) is 27.7. The molecule has 0 spiro atoms. The summed E-state index contributed by atoms with van der Waals surface area (Å²) in [4.78, 5) is 0. The lowest BCUT2D eigenvalue weighted by Crippen LogP contribution is -2.70. The SMILES string of the molecule is FC(F)(F)C(OCOC(C(F)(F)F)(C(F)(F)F)C(F)(F)F)(C(F)(F)F)C(F)(F)F. The monoisotopic (exact) mass is 484 g/mol. The van der Waals surface area contributed by atoms with Gasteiger partial charge in [-0.05, 0) is 0 Å². The van der Waals surface area contributed by atoms with Crippen molar-refractivity contribution < 1.29 is 88.5 Å². The zero-order chi connectivity index (χ0) is 24.1. The van der Waals surface area contributed by atoms with E-state index in [0.29, 0.717) is 0 Å². The number of halogens is 18. The van der Waals surface area contributed by atoms with Crippen molar-refractivity contribution in [2.45, 2.75) is 48.3 Å². The van der Waals surface area contributed by atoms with E-state index in [0.717, 1.165) is 0 Å². The first-order valence-electron chi connectivity index (χ1n) is 5.89. The minimum atomic E-state index is -7.65. The van der Waals surface area contributed by atoms with Crippen LogP contribution < -0.4 is 0 Å². The standard InChI is InChI=1S/C9H2F18O2/c10-4(11,12)2(5(13,14)15,6(16,17)18)28-1-29-3(7(19,20)21,8(22,23)24)9(25,26)27/h1H2. The molecule has 0 aromatic carbocycles. The number of hydrogen-bond acceptors (Lipinski definition) is 2. The van der Waals surface area contributed by atoms with Crippen molar-refractivity contribution in [3.63, 3.8) is 0 Å². The molecule has 0 unspecified atom stereocenters. The molecule has 0 heterocycles. The van der Waals surface area contributed by atoms with Gasteiger partial charge in [-0.25, -0.2) is 0 Å². The van der Waals surface area contributed by atoms with Crippen molar-refractivity contribution in [2.24, 2.45) is 0 Å². The molecule has 0 saturated carbocycles. The maximum atomic E-state index is 12.4. The smallest absolute Gasteiger partial charge is 0.324 e. The van der Waals surface area contributed by atoms with Crippen molar-refractivity contribution in [3.8, 4) is 0 Å². The van der Waals surface area contributed by atoms with Crippen LogP contribution in [0.2, 0.25) is 0 Å². The molecule has 0 N–H and O–H groups in total. The predicted octanol–water partition coefficient (Wildman–Crippen LogP) is 5.83. The minimum Gasteiger partial charge on any atom is -0.324 e. The Morgan fingerprint density at radius 1 is 0.310 bits per heavy atom. The van der Waals surface area contributed by atoms with Gasteiger partial charge in [-0.3, -0.25) is 0 Å². The van der Waals surface area contributed by atoms with E-state index in [1.807, 2.05) is 0 Å². The average molecular weight is 484 g/mol. The van der Waals surface area contributed by atoms with Gasteiger partial charge in [0.2, 0.25) is 0 Å². The molecule has 29 heavy (non-hydrogen) atoms. The first-order chi connectivity index (χ1) is 12.2. The molecule has 0 aromatic heterocycles. The number of alkyl halides is 18. The summed E-state index contributed by atoms with van der Waals surface area (Å²) >= 11 is 0. The molecular formula is C9H2F18O2. The second-order valence-corrected chi connectivity index (χ2v) is 4.76. The molecule has 176 valence electrons. The van der Waals surface area contributed by atoms with Crippen LogP contribution in [-0.4, -0.2) is 55.1 Å². The average Bonchev–Trinajstić information content (AvgIpc) is 2.27. The fraction of sp³-hybridized carbons (Fsp3) is 1.00. The summed E-state index contributed by atoms with van der Waals surface area (Å²) in [6.45, 7) is -4.03. The predicted molar refractivity (Wildman–Crippen MR) is 48.8 cm³/mol. The van der Waals surface area contributed by atoms with E-state index < -0.39 is 55.1 Å². The van der Waals surface area contributed by atoms with E-state index in [9.17, 15) is 79.0 Å². The van der Waals surface area contributed by atoms with Crippen LogP contribution >= 0.6 is 0 Å². The van der Waals surface area contributed by atoms with Crippen LogP contribution in [0.1, 0.15) is 0 Å². The van der Waals surface area contributed by atoms with Gasteiger partial charge in [0.1, 0.15) is 0 Å². The fourth-order valence-electron chi connectivity index (χ4n) is 1.66. The van der Waals surface area contributed by atoms with E-state index in [2.05, 4.69) is 9.47 Å². The molecule has 0 fully saturated rings. The topological polar surface area (TPSA) is 18.5 Å². The molecule has 20 heteroatoms. The summed E-state index contributed by atoms with van der Waals surface area (Å²) in [5, 5.41) is 0. The van der Waals surface area contributed by atoms with Crippen molar-refractivity contribution >= 4 is 0 Å². The van der Waals surface area contributed by atoms with Crippen molar-refractivity contribution in [3.05, 3.63) is 0 Å². The molecule has 0 saturated heterocycles. The summed E-state index contributed by atoms with van der Waals surface area (Å²) in [5.74, 6) is 0. The Labute approximate surface area is 145 Å². The minimum absolute atomic E-state index is 2.07. The van der Waals surface area contributed by atoms with Gasteiger partial charge in [0.15, 0.2) is 6.79 Å². The highest BCUT2D eigenvalue weighted by Crippen LogP contribution is 2.57. The van der Waals surface area contributed by atoms with Crippen LogP contribution in [0.3, 0.4) is 0 Å². The van der Waals surface area contributed by atoms with Gasteiger partial charge in [0.05, 0.1) is 0 Å². The van der Waals surface area contributed by atoms with Gasteiger partial charge in [0, 0.05) is 0 Å². The van der Waals surface area contributed by atoms with E-state index >= 15 is 0 Å². The van der Waals surface area contributed by atoms with Gasteiger partial charge in [-0.1, -0.05) is 0 Å². The molecule has 0 atom stereocenters. The summed E-state index contributed by atoms with van der Waals surface area (Å²) in [5.41, 5.74) is -14.9. The third kappa shape index (κ3) is 4.41. The maximum Gasteiger partial charge on any atom is 0.435 e. The summed E-state index contributed by atoms with van der Waals surface area (Å²) in [7, 11) is 0. The Bertz CT molecular complexity index is 431. The highest BCUT2D eigenvalue weighted by molar-refractivity contribution is 5.04. The normalized spacial score (nSPS) is 16.3. The second-order valence-electron chi connectivity index (χ2n) is 4.76. The molecule has 0 aromatic rings. The summed E-state index contributed by atoms with van der Waals surface area (Å²) in [6, 6.07) is 0. The lowest BCUT2D eigenvalue weighted by molar-refractivity contribution is -0.496. The summed E-state index contributed by atoms with van der Waals surface area (Å²) in [6.07, 6.45) is -45.9. The highest BCUT2D eigenvalue weighted by Gasteiger charge is 2.88. The lowest BCUT2D eigenvalue weighted by Gasteiger charge is -2.40. The van der Waals surface area contributed by atoms with Gasteiger partial charge in [-0.2, -0.15) is 79.0 Å². The molecule has 0 radical (unpaired) electrons. The largest absolute Gasteiger partial charge is 0.435 e. The van der Waals surface area contributed by atoms with Crippen molar-refractivity contribution in [2.75, 3.05) is 6.79 Å². The van der Waals surface area contributed by atoms with Crippen LogP contribution in [0, 0.1) is 0 Å². The van der Waals surface area contributed by atoms with E-state index in [-0.39, 0.29) is 0 Å². The number of hydrogen-bond donors (Lipinski definition) is 0. The van der Waals surface area contributed by atoms with Crippen LogP contribution in [0.15, 0.2) is 0 Å². The zero-order valence-electron chi connectivity index (χ0n) is 12.3. The molecule has 0 amide bonds. The third-order valence-corrected chi connectivity index (χ3v) is 2.95. The van der Waals surface area contributed by atoms with Crippen LogP contribution in [0.25, 0.3) is 0 Å². The van der Waals surface area contributed by atoms with Gasteiger partial charge >= 0.3 is 48.3 Å². The van der Waals surface area contributed by atoms with Crippen LogP contribution in [0.4, 0.5) is 79.0 Å². The number of rotatable bonds is 4. The third-order valence-electron chi connectivity index (χ3n) is 2.95. The van der Waals surface area contributed by atoms with Crippen molar-refractivity contribution in [1.29, 1.82) is 0 Å². The first-order valence-corrected chi connectivity index (χ1v) is 5.89. The Kier molecular flexibility index (Phi) is 6.79. The number of ether oxygens (including phenoxy) is 2. The molecule has 2 nitrogen and oxygen atoms in total. The Balaban J connectivity index is 6.44. The molecular weight excluding hydrogens is 482 g/mol. The lowest BCUT2D eigenvalue weighted by atomic mass is 10.0. The molecule has 0 aliphatic heterocycles. The quantitative estimate of drug-likeness (QED) is 0.370. The Hall–Kier alpha value is -1.34. The molecule has 0 aliphatic rings. The van der Waals surface area contributed by atoms with E-state index in [1.165, 1.54) is 0 Å². The van der Waals surface area contributed by atoms with Crippen LogP contribution in [0.5, 0.6) is 0 Å². The second kappa shape index (κ2) is 7.12. The van der Waals surface area contributed by atoms with Crippen molar-refractivity contribution in [1.82, 2.24) is 0 Å². The molecule has 0 rings (SSSR count). The van der Waals surface area contributed by atoms with Crippen LogP contribution in [-0.2, 0) is 9.47 Å².